The summed E-state index contributed by atoms with van der Waals surface area (Å²) >= 11 is 0. The predicted molar refractivity (Wildman–Crippen MR) is 72.8 cm³/mol. The number of nitrogens with zero attached hydrogens (tertiary/aromatic N) is 1. The van der Waals surface area contributed by atoms with Crippen molar-refractivity contribution in [3.8, 4) is 0 Å². The van der Waals surface area contributed by atoms with Crippen molar-refractivity contribution in [2.75, 3.05) is 18.4 Å². The van der Waals surface area contributed by atoms with Crippen molar-refractivity contribution >= 4 is 17.5 Å². The summed E-state index contributed by atoms with van der Waals surface area (Å²) in [5, 5.41) is 6.08. The van der Waals surface area contributed by atoms with Gasteiger partial charge in [-0.05, 0) is 37.9 Å². The summed E-state index contributed by atoms with van der Waals surface area (Å²) in [6.07, 6.45) is 4.24. The highest BCUT2D eigenvalue weighted by molar-refractivity contribution is 5.95. The van der Waals surface area contributed by atoms with E-state index in [0.717, 1.165) is 25.9 Å². The Hall–Kier alpha value is -1.82. The number of rotatable bonds is 5. The lowest BCUT2D eigenvalue weighted by atomic mass is 10.0. The van der Waals surface area contributed by atoms with E-state index in [4.69, 9.17) is 5.73 Å². The molecule has 0 saturated carbocycles. The minimum Gasteiger partial charge on any atom is -0.364 e. The molecule has 1 aromatic heterocycles. The largest absolute Gasteiger partial charge is 0.364 e. The minimum atomic E-state index is -0.500. The van der Waals surface area contributed by atoms with Crippen LogP contribution in [0.4, 0.5) is 5.69 Å². The molecule has 1 aromatic rings. The summed E-state index contributed by atoms with van der Waals surface area (Å²) in [6.45, 7) is 2.05. The number of amides is 2. The molecule has 19 heavy (non-hydrogen) atoms. The summed E-state index contributed by atoms with van der Waals surface area (Å²) < 4.78 is 1.61. The fourth-order valence-corrected chi connectivity index (χ4v) is 2.40. The molecule has 1 fully saturated rings. The van der Waals surface area contributed by atoms with E-state index >= 15 is 0 Å². The molecule has 1 unspecified atom stereocenters. The Kier molecular flexibility index (Phi) is 4.21. The number of aromatic nitrogens is 1. The monoisotopic (exact) mass is 264 g/mol. The third kappa shape index (κ3) is 3.57. The number of nitrogens with one attached hydrogen (secondary N) is 2. The van der Waals surface area contributed by atoms with E-state index in [9.17, 15) is 9.59 Å². The molecule has 2 heterocycles. The van der Waals surface area contributed by atoms with E-state index < -0.39 is 5.91 Å². The molecule has 6 heteroatoms. The Morgan fingerprint density at radius 2 is 2.37 bits per heavy atom. The summed E-state index contributed by atoms with van der Waals surface area (Å²) in [5.41, 5.74) is 6.22. The van der Waals surface area contributed by atoms with Gasteiger partial charge in [-0.15, -0.1) is 0 Å². The van der Waals surface area contributed by atoms with Crippen molar-refractivity contribution in [3.05, 3.63) is 18.0 Å². The van der Waals surface area contributed by atoms with Crippen LogP contribution in [0.2, 0.25) is 0 Å². The molecule has 0 radical (unpaired) electrons. The molecule has 1 aliphatic rings. The molecule has 0 aliphatic carbocycles. The third-order valence-electron chi connectivity index (χ3n) is 3.48. The molecule has 0 aromatic carbocycles. The van der Waals surface area contributed by atoms with Gasteiger partial charge in [-0.2, -0.15) is 0 Å². The average molecular weight is 264 g/mol. The lowest BCUT2D eigenvalue weighted by molar-refractivity contribution is -0.116. The Labute approximate surface area is 112 Å². The zero-order chi connectivity index (χ0) is 13.8. The molecular formula is C13H20N4O2. The Bertz CT molecular complexity index is 475. The van der Waals surface area contributed by atoms with Crippen LogP contribution >= 0.6 is 0 Å². The molecule has 2 amide bonds. The summed E-state index contributed by atoms with van der Waals surface area (Å²) in [7, 11) is 1.72. The fraction of sp³-hybridized carbons (Fsp3) is 0.538. The number of anilines is 1. The van der Waals surface area contributed by atoms with Gasteiger partial charge >= 0.3 is 0 Å². The number of carbonyl (C=O) groups is 2. The zero-order valence-corrected chi connectivity index (χ0v) is 11.1. The highest BCUT2D eigenvalue weighted by Crippen LogP contribution is 2.16. The quantitative estimate of drug-likeness (QED) is 0.721. The van der Waals surface area contributed by atoms with Gasteiger partial charge in [-0.1, -0.05) is 0 Å². The van der Waals surface area contributed by atoms with Crippen LogP contribution in [0.1, 0.15) is 29.8 Å². The molecule has 1 atom stereocenters. The van der Waals surface area contributed by atoms with Gasteiger partial charge in [-0.25, -0.2) is 0 Å². The first-order chi connectivity index (χ1) is 9.06. The molecule has 4 N–H and O–H groups in total. The fourth-order valence-electron chi connectivity index (χ4n) is 2.40. The van der Waals surface area contributed by atoms with Crippen LogP contribution in [0.15, 0.2) is 12.3 Å². The van der Waals surface area contributed by atoms with Crippen molar-refractivity contribution in [1.82, 2.24) is 9.88 Å². The van der Waals surface area contributed by atoms with Crippen molar-refractivity contribution < 1.29 is 9.59 Å². The van der Waals surface area contributed by atoms with Crippen molar-refractivity contribution in [1.29, 1.82) is 0 Å². The molecule has 2 rings (SSSR count). The number of aryl methyl sites for hydroxylation is 1. The van der Waals surface area contributed by atoms with E-state index in [1.54, 1.807) is 23.9 Å². The van der Waals surface area contributed by atoms with Crippen LogP contribution in [0, 0.1) is 5.92 Å². The smallest absolute Gasteiger partial charge is 0.265 e. The summed E-state index contributed by atoms with van der Waals surface area (Å²) in [5.74, 6) is 0.0799. The van der Waals surface area contributed by atoms with Crippen LogP contribution in [0.5, 0.6) is 0 Å². The van der Waals surface area contributed by atoms with E-state index in [2.05, 4.69) is 10.6 Å². The van der Waals surface area contributed by atoms with Gasteiger partial charge in [0.05, 0.1) is 5.69 Å². The molecule has 104 valence electrons. The standard InChI is InChI=1S/C13H20N4O2/c1-17-8-10(6-11(17)13(14)19)16-12(18)3-2-9-4-5-15-7-9/h6,8-9,15H,2-5,7H2,1H3,(H2,14,19)(H,16,18). The van der Waals surface area contributed by atoms with Crippen molar-refractivity contribution in [2.45, 2.75) is 19.3 Å². The van der Waals surface area contributed by atoms with Crippen LogP contribution < -0.4 is 16.4 Å². The van der Waals surface area contributed by atoms with Gasteiger partial charge < -0.3 is 20.9 Å². The molecule has 0 spiro atoms. The molecular weight excluding hydrogens is 244 g/mol. The third-order valence-corrected chi connectivity index (χ3v) is 3.48. The summed E-state index contributed by atoms with van der Waals surface area (Å²) in [4.78, 5) is 22.9. The van der Waals surface area contributed by atoms with Crippen LogP contribution in [-0.4, -0.2) is 29.5 Å². The topological polar surface area (TPSA) is 89.2 Å². The van der Waals surface area contributed by atoms with E-state index in [0.29, 0.717) is 23.7 Å². The Balaban J connectivity index is 1.84. The van der Waals surface area contributed by atoms with Crippen LogP contribution in [0.3, 0.4) is 0 Å². The van der Waals surface area contributed by atoms with Gasteiger partial charge in [0.15, 0.2) is 0 Å². The second-order valence-corrected chi connectivity index (χ2v) is 5.03. The normalized spacial score (nSPS) is 18.5. The van der Waals surface area contributed by atoms with Gasteiger partial charge in [-0.3, -0.25) is 9.59 Å². The highest BCUT2D eigenvalue weighted by atomic mass is 16.2. The minimum absolute atomic E-state index is 0.0199. The first-order valence-corrected chi connectivity index (χ1v) is 6.53. The van der Waals surface area contributed by atoms with Crippen LogP contribution in [0.25, 0.3) is 0 Å². The molecule has 6 nitrogen and oxygen atoms in total. The number of hydrogen-bond donors (Lipinski definition) is 3. The number of nitrogens with two attached hydrogens (primary N) is 1. The van der Waals surface area contributed by atoms with E-state index in [1.807, 2.05) is 0 Å². The SMILES string of the molecule is Cn1cc(NC(=O)CCC2CCNC2)cc1C(N)=O. The maximum atomic E-state index is 11.8. The Morgan fingerprint density at radius 3 is 2.95 bits per heavy atom. The lowest BCUT2D eigenvalue weighted by Gasteiger charge is -2.07. The maximum Gasteiger partial charge on any atom is 0.265 e. The van der Waals surface area contributed by atoms with Crippen molar-refractivity contribution in [3.63, 3.8) is 0 Å². The summed E-state index contributed by atoms with van der Waals surface area (Å²) in [6, 6.07) is 1.59. The predicted octanol–water partition coefficient (Wildman–Crippen LogP) is 0.452. The zero-order valence-electron chi connectivity index (χ0n) is 11.1. The van der Waals surface area contributed by atoms with Crippen LogP contribution in [-0.2, 0) is 11.8 Å². The average Bonchev–Trinajstić information content (AvgIpc) is 2.96. The molecule has 0 bridgehead atoms. The lowest BCUT2D eigenvalue weighted by Crippen LogP contribution is -2.15. The second-order valence-electron chi connectivity index (χ2n) is 5.03. The van der Waals surface area contributed by atoms with E-state index in [1.165, 1.54) is 0 Å². The van der Waals surface area contributed by atoms with E-state index in [-0.39, 0.29) is 5.91 Å². The van der Waals surface area contributed by atoms with Gasteiger partial charge in [0.25, 0.3) is 5.91 Å². The number of carbonyl (C=O) groups excluding carboxylic acids is 2. The number of primary amides is 1. The van der Waals surface area contributed by atoms with Gasteiger partial charge in [0.1, 0.15) is 5.69 Å². The maximum absolute atomic E-state index is 11.8. The molecule has 1 aliphatic heterocycles. The first kappa shape index (κ1) is 13.6. The van der Waals surface area contributed by atoms with Crippen molar-refractivity contribution in [2.24, 2.45) is 18.7 Å². The number of hydrogen-bond acceptors (Lipinski definition) is 3. The second kappa shape index (κ2) is 5.88. The van der Waals surface area contributed by atoms with Gasteiger partial charge in [0.2, 0.25) is 5.91 Å². The Morgan fingerprint density at radius 1 is 1.58 bits per heavy atom. The molecule has 1 saturated heterocycles. The van der Waals surface area contributed by atoms with Gasteiger partial charge in [0, 0.05) is 19.7 Å². The highest BCUT2D eigenvalue weighted by Gasteiger charge is 2.16. The first-order valence-electron chi connectivity index (χ1n) is 6.53.